The number of hydrogen-bond donors (Lipinski definition) is 1. The van der Waals surface area contributed by atoms with Crippen molar-refractivity contribution >= 4 is 6.09 Å². The lowest BCUT2D eigenvalue weighted by Crippen LogP contribution is -2.49. The van der Waals surface area contributed by atoms with E-state index in [9.17, 15) is 15.2 Å². The maximum absolute atomic E-state index is 12.9. The summed E-state index contributed by atoms with van der Waals surface area (Å²) in [5.41, 5.74) is 1.14. The van der Waals surface area contributed by atoms with Gasteiger partial charge >= 0.3 is 6.09 Å². The number of aliphatic hydroxyl groups is 1. The number of hydrogen-bond acceptors (Lipinski definition) is 4. The Morgan fingerprint density at radius 2 is 1.59 bits per heavy atom. The number of amides is 1. The summed E-state index contributed by atoms with van der Waals surface area (Å²) >= 11 is 0. The van der Waals surface area contributed by atoms with Crippen molar-refractivity contribution in [3.05, 3.63) is 71.8 Å². The van der Waals surface area contributed by atoms with Gasteiger partial charge in [-0.3, -0.25) is 4.90 Å². The van der Waals surface area contributed by atoms with Gasteiger partial charge in [-0.15, -0.1) is 0 Å². The molecule has 2 atom stereocenters. The van der Waals surface area contributed by atoms with Crippen LogP contribution in [0.4, 0.5) is 4.79 Å². The topological polar surface area (TPSA) is 73.6 Å². The maximum Gasteiger partial charge on any atom is 0.410 e. The van der Waals surface area contributed by atoms with E-state index in [1.807, 2.05) is 66.7 Å². The van der Waals surface area contributed by atoms with Gasteiger partial charge in [-0.25, -0.2) is 4.79 Å². The summed E-state index contributed by atoms with van der Waals surface area (Å²) in [5, 5.41) is 19.7. The molecule has 5 nitrogen and oxygen atoms in total. The highest BCUT2D eigenvalue weighted by Gasteiger charge is 2.33. The number of benzene rings is 2. The van der Waals surface area contributed by atoms with E-state index in [1.54, 1.807) is 20.8 Å². The van der Waals surface area contributed by atoms with Crippen LogP contribution in [-0.4, -0.2) is 33.8 Å². The molecule has 27 heavy (non-hydrogen) atoms. The van der Waals surface area contributed by atoms with Crippen molar-refractivity contribution in [2.45, 2.75) is 51.5 Å². The molecule has 0 saturated heterocycles. The van der Waals surface area contributed by atoms with Crippen molar-refractivity contribution in [1.82, 2.24) is 4.90 Å². The van der Waals surface area contributed by atoms with Gasteiger partial charge in [0.1, 0.15) is 5.60 Å². The summed E-state index contributed by atoms with van der Waals surface area (Å²) in [6, 6.07) is 20.1. The fraction of sp³-hybridized carbons (Fsp3) is 0.364. The number of ether oxygens (including phenoxy) is 1. The summed E-state index contributed by atoms with van der Waals surface area (Å²) in [6.07, 6.45) is -1.54. The van der Waals surface area contributed by atoms with Crippen LogP contribution in [0.15, 0.2) is 60.7 Å². The first-order valence-corrected chi connectivity index (χ1v) is 8.95. The average molecular weight is 366 g/mol. The molecule has 142 valence electrons. The second kappa shape index (κ2) is 9.20. The van der Waals surface area contributed by atoms with E-state index in [2.05, 4.69) is 0 Å². The van der Waals surface area contributed by atoms with Gasteiger partial charge in [0.05, 0.1) is 12.1 Å². The molecule has 0 bridgehead atoms. The quantitative estimate of drug-likeness (QED) is 0.787. The predicted octanol–water partition coefficient (Wildman–Crippen LogP) is 3.92. The van der Waals surface area contributed by atoms with Gasteiger partial charge < -0.3 is 9.84 Å². The predicted molar refractivity (Wildman–Crippen MR) is 104 cm³/mol. The third-order valence-corrected chi connectivity index (χ3v) is 4.01. The molecule has 0 aliphatic rings. The second-order valence-corrected chi connectivity index (χ2v) is 7.42. The molecule has 0 radical (unpaired) electrons. The summed E-state index contributed by atoms with van der Waals surface area (Å²) < 4.78 is 5.55. The molecular weight excluding hydrogens is 340 g/mol. The van der Waals surface area contributed by atoms with E-state index >= 15 is 0 Å². The average Bonchev–Trinajstić information content (AvgIpc) is 2.64. The first-order valence-electron chi connectivity index (χ1n) is 8.95. The molecule has 0 unspecified atom stereocenters. The van der Waals surface area contributed by atoms with Gasteiger partial charge in [-0.1, -0.05) is 60.7 Å². The van der Waals surface area contributed by atoms with Gasteiger partial charge in [-0.05, 0) is 38.3 Å². The summed E-state index contributed by atoms with van der Waals surface area (Å²) in [5.74, 6) is 0. The number of nitrogens with zero attached hydrogens (tertiary/aromatic N) is 2. The van der Waals surface area contributed by atoms with E-state index in [4.69, 9.17) is 4.74 Å². The molecule has 1 N–H and O–H groups in total. The maximum atomic E-state index is 12.9. The molecule has 0 spiro atoms. The highest BCUT2D eigenvalue weighted by molar-refractivity contribution is 5.69. The molecular formula is C22H26N2O3. The standard InChI is InChI=1S/C22H26N2O3/c1-22(2,3)27-21(26)24(16-18-12-8-5-9-13-18)19(20(25)15-23)14-17-10-6-4-7-11-17/h4-13,19-20,25H,14,16H2,1-3H3/t19-,20-/m0/s1. The van der Waals surface area contributed by atoms with E-state index < -0.39 is 23.8 Å². The lowest BCUT2D eigenvalue weighted by Gasteiger charge is -2.34. The summed E-state index contributed by atoms with van der Waals surface area (Å²) in [7, 11) is 0. The van der Waals surface area contributed by atoms with Crippen LogP contribution < -0.4 is 0 Å². The third kappa shape index (κ3) is 6.43. The van der Waals surface area contributed by atoms with Crippen LogP contribution in [0.25, 0.3) is 0 Å². The fourth-order valence-corrected chi connectivity index (χ4v) is 2.75. The van der Waals surface area contributed by atoms with Crippen LogP contribution >= 0.6 is 0 Å². The number of carbonyl (C=O) groups excluding carboxylic acids is 1. The first-order chi connectivity index (χ1) is 12.8. The molecule has 1 amide bonds. The molecule has 0 saturated carbocycles. The zero-order valence-electron chi connectivity index (χ0n) is 16.0. The zero-order valence-corrected chi connectivity index (χ0v) is 16.0. The molecule has 0 aromatic heterocycles. The minimum Gasteiger partial charge on any atom is -0.444 e. The van der Waals surface area contributed by atoms with Crippen molar-refractivity contribution in [1.29, 1.82) is 5.26 Å². The van der Waals surface area contributed by atoms with Crippen LogP contribution in [0.1, 0.15) is 31.9 Å². The lowest BCUT2D eigenvalue weighted by molar-refractivity contribution is -0.000202. The monoisotopic (exact) mass is 366 g/mol. The second-order valence-electron chi connectivity index (χ2n) is 7.42. The molecule has 0 aliphatic carbocycles. The molecule has 2 aromatic carbocycles. The van der Waals surface area contributed by atoms with Crippen molar-refractivity contribution in [2.24, 2.45) is 0 Å². The Bertz CT molecular complexity index is 764. The third-order valence-electron chi connectivity index (χ3n) is 4.01. The van der Waals surface area contributed by atoms with Gasteiger partial charge in [0.15, 0.2) is 6.10 Å². The molecule has 0 aliphatic heterocycles. The molecule has 0 heterocycles. The van der Waals surface area contributed by atoms with Gasteiger partial charge in [0.2, 0.25) is 0 Å². The minimum absolute atomic E-state index is 0.242. The van der Waals surface area contributed by atoms with Crippen LogP contribution in [0, 0.1) is 11.3 Å². The molecule has 0 fully saturated rings. The van der Waals surface area contributed by atoms with Crippen LogP contribution in [0.5, 0.6) is 0 Å². The summed E-state index contributed by atoms with van der Waals surface area (Å²) in [4.78, 5) is 14.3. The van der Waals surface area contributed by atoms with Gasteiger partial charge in [0.25, 0.3) is 0 Å². The Morgan fingerprint density at radius 3 is 2.07 bits per heavy atom. The normalized spacial score (nSPS) is 13.3. The van der Waals surface area contributed by atoms with E-state index in [-0.39, 0.29) is 6.54 Å². The Kier molecular flexibility index (Phi) is 6.98. The first kappa shape index (κ1) is 20.5. The van der Waals surface area contributed by atoms with Gasteiger partial charge in [-0.2, -0.15) is 5.26 Å². The highest BCUT2D eigenvalue weighted by atomic mass is 16.6. The zero-order chi connectivity index (χ0) is 19.9. The number of rotatable bonds is 6. The van der Waals surface area contributed by atoms with Gasteiger partial charge in [0, 0.05) is 6.54 Å². The molecule has 5 heteroatoms. The Morgan fingerprint density at radius 1 is 1.07 bits per heavy atom. The number of nitriles is 1. The van der Waals surface area contributed by atoms with E-state index in [0.29, 0.717) is 6.42 Å². The van der Waals surface area contributed by atoms with Crippen molar-refractivity contribution < 1.29 is 14.6 Å². The summed E-state index contributed by atoms with van der Waals surface area (Å²) in [6.45, 7) is 5.61. The van der Waals surface area contributed by atoms with Crippen LogP contribution in [-0.2, 0) is 17.7 Å². The smallest absolute Gasteiger partial charge is 0.410 e. The fourth-order valence-electron chi connectivity index (χ4n) is 2.75. The van der Waals surface area contributed by atoms with Crippen LogP contribution in [0.2, 0.25) is 0 Å². The van der Waals surface area contributed by atoms with Crippen molar-refractivity contribution in [2.75, 3.05) is 0 Å². The highest BCUT2D eigenvalue weighted by Crippen LogP contribution is 2.20. The molecule has 2 aromatic rings. The number of aliphatic hydroxyl groups excluding tert-OH is 1. The van der Waals surface area contributed by atoms with Crippen LogP contribution in [0.3, 0.4) is 0 Å². The van der Waals surface area contributed by atoms with Crippen molar-refractivity contribution in [3.63, 3.8) is 0 Å². The lowest BCUT2D eigenvalue weighted by atomic mass is 9.99. The molecule has 2 rings (SSSR count). The Labute approximate surface area is 160 Å². The largest absolute Gasteiger partial charge is 0.444 e. The Balaban J connectivity index is 2.35. The van der Waals surface area contributed by atoms with E-state index in [0.717, 1.165) is 11.1 Å². The number of carbonyl (C=O) groups is 1. The van der Waals surface area contributed by atoms with Crippen molar-refractivity contribution in [3.8, 4) is 6.07 Å². The SMILES string of the molecule is CC(C)(C)OC(=O)N(Cc1ccccc1)[C@@H](Cc1ccccc1)[C@@H](O)C#N. The minimum atomic E-state index is -1.33. The van der Waals surface area contributed by atoms with E-state index in [1.165, 1.54) is 4.90 Å². The Hall–Kier alpha value is -2.84.